The first-order chi connectivity index (χ1) is 13.5. The lowest BCUT2D eigenvalue weighted by atomic mass is 10.1. The van der Waals surface area contributed by atoms with E-state index >= 15 is 0 Å². The minimum Gasteiger partial charge on any atom is -0.493 e. The summed E-state index contributed by atoms with van der Waals surface area (Å²) in [4.78, 5) is 0. The highest BCUT2D eigenvalue weighted by molar-refractivity contribution is 6.42. The lowest BCUT2D eigenvalue weighted by molar-refractivity contribution is 0.281. The molecule has 0 saturated heterocycles. The molecule has 0 heterocycles. The second-order valence-electron chi connectivity index (χ2n) is 5.96. The van der Waals surface area contributed by atoms with Crippen molar-refractivity contribution >= 4 is 52.1 Å². The van der Waals surface area contributed by atoms with Gasteiger partial charge in [0.2, 0.25) is 0 Å². The summed E-state index contributed by atoms with van der Waals surface area (Å²) in [6.45, 7) is 0.802. The van der Waals surface area contributed by atoms with E-state index in [0.717, 1.165) is 16.8 Å². The minimum absolute atomic E-state index is 0.322. The maximum atomic E-state index is 6.23. The molecular formula is C21H17Cl4NO2. The number of ether oxygens (including phenoxy) is 2. The smallest absolute Gasteiger partial charge is 0.166 e. The first kappa shape index (κ1) is 20.9. The largest absolute Gasteiger partial charge is 0.493 e. The Labute approximate surface area is 184 Å². The number of nitrogens with one attached hydrogen (secondary N) is 1. The summed E-state index contributed by atoms with van der Waals surface area (Å²) in [5, 5.41) is 5.47. The topological polar surface area (TPSA) is 30.5 Å². The molecule has 3 aromatic rings. The van der Waals surface area contributed by atoms with Crippen LogP contribution in [0.3, 0.4) is 0 Å². The van der Waals surface area contributed by atoms with Crippen LogP contribution in [0.1, 0.15) is 11.1 Å². The van der Waals surface area contributed by atoms with Gasteiger partial charge in [-0.15, -0.1) is 0 Å². The van der Waals surface area contributed by atoms with Crippen LogP contribution >= 0.6 is 46.4 Å². The zero-order chi connectivity index (χ0) is 20.1. The number of rotatable bonds is 7. The van der Waals surface area contributed by atoms with Gasteiger partial charge in [-0.2, -0.15) is 0 Å². The normalized spacial score (nSPS) is 10.6. The van der Waals surface area contributed by atoms with Crippen molar-refractivity contribution in [2.24, 2.45) is 0 Å². The van der Waals surface area contributed by atoms with E-state index in [2.05, 4.69) is 5.32 Å². The molecule has 3 rings (SSSR count). The van der Waals surface area contributed by atoms with Gasteiger partial charge in [0.25, 0.3) is 0 Å². The van der Waals surface area contributed by atoms with E-state index in [1.54, 1.807) is 37.4 Å². The van der Waals surface area contributed by atoms with Crippen molar-refractivity contribution in [3.05, 3.63) is 85.8 Å². The van der Waals surface area contributed by atoms with Crippen molar-refractivity contribution in [2.45, 2.75) is 13.2 Å². The molecule has 0 amide bonds. The molecule has 0 radical (unpaired) electrons. The average Bonchev–Trinajstić information content (AvgIpc) is 2.69. The predicted octanol–water partition coefficient (Wildman–Crippen LogP) is 7.50. The first-order valence-corrected chi connectivity index (χ1v) is 9.90. The average molecular weight is 457 g/mol. The molecule has 146 valence electrons. The minimum atomic E-state index is 0.322. The summed E-state index contributed by atoms with van der Waals surface area (Å²) < 4.78 is 11.5. The van der Waals surface area contributed by atoms with Crippen LogP contribution < -0.4 is 14.8 Å². The van der Waals surface area contributed by atoms with Gasteiger partial charge in [0.1, 0.15) is 6.61 Å². The van der Waals surface area contributed by atoms with Crippen LogP contribution in [-0.4, -0.2) is 7.11 Å². The third-order valence-electron chi connectivity index (χ3n) is 4.05. The van der Waals surface area contributed by atoms with E-state index in [1.807, 2.05) is 24.3 Å². The molecule has 3 nitrogen and oxygen atoms in total. The Bertz CT molecular complexity index is 979. The maximum absolute atomic E-state index is 6.23. The van der Waals surface area contributed by atoms with Gasteiger partial charge in [-0.05, 0) is 42.0 Å². The van der Waals surface area contributed by atoms with Crippen molar-refractivity contribution in [1.29, 1.82) is 0 Å². The molecule has 28 heavy (non-hydrogen) atoms. The molecule has 0 bridgehead atoms. The molecule has 3 aromatic carbocycles. The third kappa shape index (κ3) is 5.18. The van der Waals surface area contributed by atoms with Gasteiger partial charge in [-0.1, -0.05) is 64.6 Å². The summed E-state index contributed by atoms with van der Waals surface area (Å²) in [5.74, 6) is 1.28. The van der Waals surface area contributed by atoms with E-state index < -0.39 is 0 Å². The Morgan fingerprint density at radius 1 is 0.857 bits per heavy atom. The number of halogens is 4. The lowest BCUT2D eigenvalue weighted by Crippen LogP contribution is -2.05. The van der Waals surface area contributed by atoms with Crippen LogP contribution in [-0.2, 0) is 13.2 Å². The SMILES string of the molecule is COc1cccc(CNc2cc(Cl)ccc2Cl)c1OCc1ccc(Cl)c(Cl)c1. The fourth-order valence-electron chi connectivity index (χ4n) is 2.63. The molecule has 0 aromatic heterocycles. The van der Waals surface area contributed by atoms with Crippen LogP contribution in [0.25, 0.3) is 0 Å². The fourth-order valence-corrected chi connectivity index (χ4v) is 3.31. The van der Waals surface area contributed by atoms with E-state index in [0.29, 0.717) is 44.7 Å². The second kappa shape index (κ2) is 9.62. The summed E-state index contributed by atoms with van der Waals surface area (Å²) in [6, 6.07) is 16.4. The number of methoxy groups -OCH3 is 1. The Morgan fingerprint density at radius 2 is 1.64 bits per heavy atom. The van der Waals surface area contributed by atoms with E-state index in [-0.39, 0.29) is 0 Å². The molecule has 1 N–H and O–H groups in total. The Balaban J connectivity index is 1.79. The molecule has 0 fully saturated rings. The summed E-state index contributed by atoms with van der Waals surface area (Å²) in [5.41, 5.74) is 2.56. The molecule has 7 heteroatoms. The van der Waals surface area contributed by atoms with Gasteiger partial charge in [-0.3, -0.25) is 0 Å². The summed E-state index contributed by atoms with van der Waals surface area (Å²) in [6.07, 6.45) is 0. The Morgan fingerprint density at radius 3 is 2.39 bits per heavy atom. The van der Waals surface area contributed by atoms with Crippen LogP contribution in [0.4, 0.5) is 5.69 Å². The van der Waals surface area contributed by atoms with Gasteiger partial charge in [0, 0.05) is 17.1 Å². The molecule has 0 unspecified atom stereocenters. The fraction of sp³-hybridized carbons (Fsp3) is 0.143. The van der Waals surface area contributed by atoms with Crippen molar-refractivity contribution in [2.75, 3.05) is 12.4 Å². The van der Waals surface area contributed by atoms with Gasteiger partial charge < -0.3 is 14.8 Å². The number of anilines is 1. The third-order valence-corrected chi connectivity index (χ3v) is 5.35. The zero-order valence-electron chi connectivity index (χ0n) is 14.9. The highest BCUT2D eigenvalue weighted by Crippen LogP contribution is 2.34. The lowest BCUT2D eigenvalue weighted by Gasteiger charge is -2.17. The van der Waals surface area contributed by atoms with Crippen LogP contribution in [0, 0.1) is 0 Å². The molecule has 0 aliphatic rings. The standard InChI is InChI=1S/C21H17Cl4NO2/c1-27-20-4-2-3-14(11-26-19-10-15(22)6-8-17(19)24)21(20)28-12-13-5-7-16(23)18(25)9-13/h2-10,26H,11-12H2,1H3. The number of hydrogen-bond donors (Lipinski definition) is 1. The van der Waals surface area contributed by atoms with Crippen molar-refractivity contribution in [3.63, 3.8) is 0 Å². The van der Waals surface area contributed by atoms with Gasteiger partial charge >= 0.3 is 0 Å². The second-order valence-corrected chi connectivity index (χ2v) is 7.62. The van der Waals surface area contributed by atoms with E-state index in [4.69, 9.17) is 55.9 Å². The Hall–Kier alpha value is -1.78. The van der Waals surface area contributed by atoms with Crippen molar-refractivity contribution < 1.29 is 9.47 Å². The number of hydrogen-bond acceptors (Lipinski definition) is 3. The predicted molar refractivity (Wildman–Crippen MR) is 118 cm³/mol. The molecule has 0 saturated carbocycles. The zero-order valence-corrected chi connectivity index (χ0v) is 18.0. The van der Waals surface area contributed by atoms with Crippen LogP contribution in [0.15, 0.2) is 54.6 Å². The monoisotopic (exact) mass is 455 g/mol. The highest BCUT2D eigenvalue weighted by Gasteiger charge is 2.12. The quantitative estimate of drug-likeness (QED) is 0.399. The van der Waals surface area contributed by atoms with Crippen LogP contribution in [0.2, 0.25) is 20.1 Å². The number of benzene rings is 3. The van der Waals surface area contributed by atoms with E-state index in [9.17, 15) is 0 Å². The summed E-state index contributed by atoms with van der Waals surface area (Å²) >= 11 is 24.3. The first-order valence-electron chi connectivity index (χ1n) is 8.39. The van der Waals surface area contributed by atoms with Gasteiger partial charge in [-0.25, -0.2) is 0 Å². The molecule has 0 atom stereocenters. The molecule has 0 aliphatic heterocycles. The van der Waals surface area contributed by atoms with E-state index in [1.165, 1.54) is 0 Å². The summed E-state index contributed by atoms with van der Waals surface area (Å²) in [7, 11) is 1.60. The molecule has 0 spiro atoms. The molecule has 0 aliphatic carbocycles. The Kier molecular flexibility index (Phi) is 7.19. The van der Waals surface area contributed by atoms with Crippen molar-refractivity contribution in [1.82, 2.24) is 0 Å². The van der Waals surface area contributed by atoms with Gasteiger partial charge in [0.05, 0.1) is 27.9 Å². The molecular weight excluding hydrogens is 440 g/mol. The maximum Gasteiger partial charge on any atom is 0.166 e. The van der Waals surface area contributed by atoms with Crippen molar-refractivity contribution in [3.8, 4) is 11.5 Å². The number of para-hydroxylation sites is 1. The highest BCUT2D eigenvalue weighted by atomic mass is 35.5. The van der Waals surface area contributed by atoms with Gasteiger partial charge in [0.15, 0.2) is 11.5 Å². The van der Waals surface area contributed by atoms with Crippen LogP contribution in [0.5, 0.6) is 11.5 Å².